The maximum atomic E-state index is 12.3. The van der Waals surface area contributed by atoms with Gasteiger partial charge in [-0.05, 0) is 49.0 Å². The summed E-state index contributed by atoms with van der Waals surface area (Å²) in [6.07, 6.45) is 3.81. The minimum Gasteiger partial charge on any atom is -0.355 e. The van der Waals surface area contributed by atoms with Crippen LogP contribution in [-0.2, 0) is 22.7 Å². The van der Waals surface area contributed by atoms with Crippen molar-refractivity contribution in [2.45, 2.75) is 45.7 Å². The average molecular weight is 292 g/mol. The van der Waals surface area contributed by atoms with Gasteiger partial charge in [-0.1, -0.05) is 0 Å². The highest BCUT2D eigenvalue weighted by atomic mass is 16.2. The molecule has 1 aliphatic carbocycles. The summed E-state index contributed by atoms with van der Waals surface area (Å²) in [7, 11) is 0. The van der Waals surface area contributed by atoms with Gasteiger partial charge in [-0.25, -0.2) is 4.68 Å². The van der Waals surface area contributed by atoms with Gasteiger partial charge >= 0.3 is 0 Å². The third-order valence-corrected chi connectivity index (χ3v) is 4.28. The Labute approximate surface area is 122 Å². The fourth-order valence-electron chi connectivity index (χ4n) is 2.56. The molecule has 8 heteroatoms. The van der Waals surface area contributed by atoms with Crippen molar-refractivity contribution in [2.24, 2.45) is 11.3 Å². The summed E-state index contributed by atoms with van der Waals surface area (Å²) in [6, 6.07) is 0. The van der Waals surface area contributed by atoms with E-state index in [2.05, 4.69) is 26.2 Å². The van der Waals surface area contributed by atoms with Crippen molar-refractivity contribution in [1.82, 2.24) is 30.8 Å². The molecule has 1 aromatic heterocycles. The molecule has 3 rings (SSSR count). The molecule has 1 saturated heterocycles. The van der Waals surface area contributed by atoms with Crippen molar-refractivity contribution in [3.63, 3.8) is 0 Å². The molecule has 1 atom stereocenters. The molecule has 2 heterocycles. The molecule has 2 amide bonds. The first-order valence-electron chi connectivity index (χ1n) is 7.41. The van der Waals surface area contributed by atoms with Crippen LogP contribution < -0.4 is 10.6 Å². The highest BCUT2D eigenvalue weighted by molar-refractivity contribution is 6.04. The van der Waals surface area contributed by atoms with Gasteiger partial charge in [0.05, 0.1) is 6.54 Å². The zero-order valence-corrected chi connectivity index (χ0v) is 12.1. The van der Waals surface area contributed by atoms with Crippen LogP contribution in [0.1, 0.15) is 38.4 Å². The Bertz CT molecular complexity index is 553. The van der Waals surface area contributed by atoms with E-state index in [9.17, 15) is 9.59 Å². The van der Waals surface area contributed by atoms with E-state index in [0.29, 0.717) is 24.7 Å². The van der Waals surface area contributed by atoms with Crippen molar-refractivity contribution >= 4 is 11.8 Å². The molecule has 114 valence electrons. The van der Waals surface area contributed by atoms with Gasteiger partial charge in [-0.3, -0.25) is 9.59 Å². The summed E-state index contributed by atoms with van der Waals surface area (Å²) >= 11 is 0. The first-order valence-corrected chi connectivity index (χ1v) is 7.41. The lowest BCUT2D eigenvalue weighted by Crippen LogP contribution is -2.52. The lowest BCUT2D eigenvalue weighted by molar-refractivity contribution is -0.144. The maximum absolute atomic E-state index is 12.3. The Morgan fingerprint density at radius 1 is 1.52 bits per heavy atom. The fourth-order valence-corrected chi connectivity index (χ4v) is 2.56. The van der Waals surface area contributed by atoms with E-state index in [-0.39, 0.29) is 18.4 Å². The molecule has 0 aromatic carbocycles. The average Bonchev–Trinajstić information content (AvgIpc) is 3.17. The number of hydrogen-bond acceptors (Lipinski definition) is 5. The van der Waals surface area contributed by atoms with E-state index in [0.717, 1.165) is 13.0 Å². The van der Waals surface area contributed by atoms with Crippen LogP contribution in [0.2, 0.25) is 0 Å². The lowest BCUT2D eigenvalue weighted by Gasteiger charge is -2.30. The van der Waals surface area contributed by atoms with Crippen molar-refractivity contribution in [1.29, 1.82) is 0 Å². The third kappa shape index (κ3) is 2.88. The smallest absolute Gasteiger partial charge is 0.235 e. The third-order valence-electron chi connectivity index (χ3n) is 4.28. The van der Waals surface area contributed by atoms with E-state index in [1.165, 1.54) is 12.8 Å². The molecule has 2 N–H and O–H groups in total. The van der Waals surface area contributed by atoms with Crippen LogP contribution in [0, 0.1) is 11.3 Å². The van der Waals surface area contributed by atoms with Crippen molar-refractivity contribution < 1.29 is 9.59 Å². The summed E-state index contributed by atoms with van der Waals surface area (Å²) in [4.78, 5) is 24.2. The second kappa shape index (κ2) is 5.42. The molecule has 8 nitrogen and oxygen atoms in total. The van der Waals surface area contributed by atoms with Gasteiger partial charge in [0.2, 0.25) is 11.8 Å². The number of carbonyl (C=O) groups excluding carboxylic acids is 2. The Hall–Kier alpha value is -1.99. The second-order valence-corrected chi connectivity index (χ2v) is 6.09. The summed E-state index contributed by atoms with van der Waals surface area (Å²) in [6.45, 7) is 3.38. The Balaban J connectivity index is 1.60. The number of hydrogen-bond donors (Lipinski definition) is 2. The standard InChI is InChI=1S/C13H20N6O2/c1-13(5-2-6-14-11(13)20)12(21)15-7-10-16-17-18-19(10)8-9-3-4-9/h9H,2-8H2,1H3,(H,14,20)(H,15,21). The summed E-state index contributed by atoms with van der Waals surface area (Å²) in [5.74, 6) is 0.823. The Morgan fingerprint density at radius 2 is 2.33 bits per heavy atom. The van der Waals surface area contributed by atoms with Crippen LogP contribution in [-0.4, -0.2) is 38.6 Å². The molecule has 21 heavy (non-hydrogen) atoms. The first-order chi connectivity index (χ1) is 10.1. The van der Waals surface area contributed by atoms with Gasteiger partial charge < -0.3 is 10.6 Å². The molecule has 0 bridgehead atoms. The predicted molar refractivity (Wildman–Crippen MR) is 72.7 cm³/mol. The van der Waals surface area contributed by atoms with E-state index < -0.39 is 5.41 Å². The number of amides is 2. The molecular formula is C13H20N6O2. The molecule has 1 saturated carbocycles. The number of rotatable bonds is 5. The van der Waals surface area contributed by atoms with Crippen LogP contribution in [0.3, 0.4) is 0 Å². The normalized spacial score (nSPS) is 25.5. The number of nitrogens with zero attached hydrogens (tertiary/aromatic N) is 4. The molecule has 1 unspecified atom stereocenters. The molecule has 1 aliphatic heterocycles. The van der Waals surface area contributed by atoms with E-state index in [4.69, 9.17) is 0 Å². The topological polar surface area (TPSA) is 102 Å². The SMILES string of the molecule is CC1(C(=O)NCc2nnnn2CC2CC2)CCCNC1=O. The number of carbonyl (C=O) groups is 2. The summed E-state index contributed by atoms with van der Waals surface area (Å²) in [5.41, 5.74) is -0.993. The number of tetrazole rings is 1. The van der Waals surface area contributed by atoms with Crippen LogP contribution in [0.15, 0.2) is 0 Å². The van der Waals surface area contributed by atoms with Crippen LogP contribution in [0.25, 0.3) is 0 Å². The van der Waals surface area contributed by atoms with E-state index in [1.54, 1.807) is 11.6 Å². The van der Waals surface area contributed by atoms with E-state index >= 15 is 0 Å². The summed E-state index contributed by atoms with van der Waals surface area (Å²) < 4.78 is 1.74. The van der Waals surface area contributed by atoms with Gasteiger partial charge in [-0.2, -0.15) is 0 Å². The second-order valence-electron chi connectivity index (χ2n) is 6.09. The van der Waals surface area contributed by atoms with Crippen LogP contribution in [0.4, 0.5) is 0 Å². The van der Waals surface area contributed by atoms with E-state index in [1.807, 2.05) is 0 Å². The zero-order chi connectivity index (χ0) is 14.9. The van der Waals surface area contributed by atoms with Gasteiger partial charge in [0.25, 0.3) is 0 Å². The maximum Gasteiger partial charge on any atom is 0.235 e. The minimum absolute atomic E-state index is 0.205. The molecule has 2 aliphatic rings. The molecule has 2 fully saturated rings. The van der Waals surface area contributed by atoms with Crippen molar-refractivity contribution in [2.75, 3.05) is 6.54 Å². The van der Waals surface area contributed by atoms with Crippen LogP contribution in [0.5, 0.6) is 0 Å². The number of nitrogens with one attached hydrogen (secondary N) is 2. The highest BCUT2D eigenvalue weighted by Gasteiger charge is 2.42. The summed E-state index contributed by atoms with van der Waals surface area (Å²) in [5, 5.41) is 17.1. The highest BCUT2D eigenvalue weighted by Crippen LogP contribution is 2.30. The zero-order valence-electron chi connectivity index (χ0n) is 12.1. The van der Waals surface area contributed by atoms with Crippen molar-refractivity contribution in [3.8, 4) is 0 Å². The minimum atomic E-state index is -0.993. The number of piperidine rings is 1. The quantitative estimate of drug-likeness (QED) is 0.720. The largest absolute Gasteiger partial charge is 0.355 e. The molecule has 1 aromatic rings. The van der Waals surface area contributed by atoms with Gasteiger partial charge in [0, 0.05) is 13.1 Å². The molecule has 0 radical (unpaired) electrons. The monoisotopic (exact) mass is 292 g/mol. The molecule has 0 spiro atoms. The van der Waals surface area contributed by atoms with Crippen molar-refractivity contribution in [3.05, 3.63) is 5.82 Å². The fraction of sp³-hybridized carbons (Fsp3) is 0.769. The van der Waals surface area contributed by atoms with Gasteiger partial charge in [0.1, 0.15) is 5.41 Å². The molecular weight excluding hydrogens is 272 g/mol. The first kappa shape index (κ1) is 14.0. The lowest BCUT2D eigenvalue weighted by atomic mass is 9.81. The van der Waals surface area contributed by atoms with Gasteiger partial charge in [0.15, 0.2) is 5.82 Å². The Morgan fingerprint density at radius 3 is 3.05 bits per heavy atom. The van der Waals surface area contributed by atoms with Crippen LogP contribution >= 0.6 is 0 Å². The number of aromatic nitrogens is 4. The Kier molecular flexibility index (Phi) is 3.60. The van der Waals surface area contributed by atoms with Gasteiger partial charge in [-0.15, -0.1) is 5.10 Å². The predicted octanol–water partition coefficient (Wildman–Crippen LogP) is -0.384.